The molecule has 2 N–H and O–H groups in total. The Hall–Kier alpha value is -3.54. The molecule has 1 aromatic heterocycles. The molecule has 2 aromatic carbocycles. The van der Waals surface area contributed by atoms with Gasteiger partial charge in [-0.05, 0) is 48.7 Å². The highest BCUT2D eigenvalue weighted by atomic mass is 16.5. The zero-order valence-electron chi connectivity index (χ0n) is 16.7. The minimum absolute atomic E-state index is 0.135. The zero-order chi connectivity index (χ0) is 20.7. The summed E-state index contributed by atoms with van der Waals surface area (Å²) < 4.78 is 5.27. The fourth-order valence-electron chi connectivity index (χ4n) is 4.10. The second-order valence-electron chi connectivity index (χ2n) is 7.26. The maximum Gasteiger partial charge on any atom is 0.273 e. The smallest absolute Gasteiger partial charge is 0.273 e. The number of benzene rings is 2. The lowest BCUT2D eigenvalue weighted by molar-refractivity contribution is 0.0764. The summed E-state index contributed by atoms with van der Waals surface area (Å²) in [5.74, 6) is 0.761. The van der Waals surface area contributed by atoms with Gasteiger partial charge in [-0.3, -0.25) is 9.89 Å². The van der Waals surface area contributed by atoms with Crippen LogP contribution in [0.15, 0.2) is 49.1 Å². The minimum Gasteiger partial charge on any atom is -0.507 e. The van der Waals surface area contributed by atoms with E-state index in [0.29, 0.717) is 23.5 Å². The van der Waals surface area contributed by atoms with Crippen LogP contribution in [0.3, 0.4) is 0 Å². The fraction of sp³-hybridized carbons (Fsp3) is 0.217. The van der Waals surface area contributed by atoms with Crippen molar-refractivity contribution in [2.75, 3.05) is 13.7 Å². The number of aromatic nitrogens is 2. The minimum atomic E-state index is -0.338. The van der Waals surface area contributed by atoms with Gasteiger partial charge in [0.1, 0.15) is 22.9 Å². The van der Waals surface area contributed by atoms with E-state index in [1.807, 2.05) is 44.2 Å². The largest absolute Gasteiger partial charge is 0.507 e. The Morgan fingerprint density at radius 2 is 2.00 bits per heavy atom. The number of aryl methyl sites for hydroxylation is 2. The lowest BCUT2D eigenvalue weighted by Gasteiger charge is -2.25. The number of fused-ring (bicyclic) bond motifs is 1. The highest BCUT2D eigenvalue weighted by molar-refractivity contribution is 6.00. The lowest BCUT2D eigenvalue weighted by atomic mass is 9.93. The second kappa shape index (κ2) is 7.13. The van der Waals surface area contributed by atoms with E-state index >= 15 is 0 Å². The Morgan fingerprint density at radius 3 is 2.62 bits per heavy atom. The van der Waals surface area contributed by atoms with Crippen molar-refractivity contribution in [3.63, 3.8) is 0 Å². The molecule has 0 saturated heterocycles. The molecule has 0 radical (unpaired) electrons. The molecular formula is C23H23N3O3. The molecule has 6 nitrogen and oxygen atoms in total. The zero-order valence-corrected chi connectivity index (χ0v) is 16.7. The molecule has 0 aliphatic carbocycles. The van der Waals surface area contributed by atoms with Crippen molar-refractivity contribution in [2.45, 2.75) is 19.9 Å². The summed E-state index contributed by atoms with van der Waals surface area (Å²) in [6, 6.07) is 11.0. The number of hydrogen-bond donors (Lipinski definition) is 2. The van der Waals surface area contributed by atoms with Gasteiger partial charge in [0, 0.05) is 17.7 Å². The van der Waals surface area contributed by atoms with Crippen molar-refractivity contribution in [2.24, 2.45) is 0 Å². The van der Waals surface area contributed by atoms with Gasteiger partial charge >= 0.3 is 0 Å². The van der Waals surface area contributed by atoms with Gasteiger partial charge in [-0.1, -0.05) is 24.3 Å². The van der Waals surface area contributed by atoms with E-state index in [-0.39, 0.29) is 17.7 Å². The van der Waals surface area contributed by atoms with Crippen LogP contribution >= 0.6 is 0 Å². The number of hydrogen-bond acceptors (Lipinski definition) is 4. The molecule has 3 aromatic rings. The molecular weight excluding hydrogens is 366 g/mol. The van der Waals surface area contributed by atoms with Crippen molar-refractivity contribution in [1.82, 2.24) is 15.1 Å². The number of phenolic OH excluding ortho intramolecular Hbond substituents is 1. The molecule has 148 valence electrons. The summed E-state index contributed by atoms with van der Waals surface area (Å²) in [6.07, 6.45) is 1.71. The number of amides is 1. The molecule has 0 saturated carbocycles. The van der Waals surface area contributed by atoms with Gasteiger partial charge < -0.3 is 14.7 Å². The van der Waals surface area contributed by atoms with Gasteiger partial charge in [-0.25, -0.2) is 0 Å². The average molecular weight is 389 g/mol. The van der Waals surface area contributed by atoms with Gasteiger partial charge in [-0.15, -0.1) is 6.58 Å². The van der Waals surface area contributed by atoms with Gasteiger partial charge in [-0.2, -0.15) is 5.10 Å². The van der Waals surface area contributed by atoms with Crippen molar-refractivity contribution in [3.05, 3.63) is 77.0 Å². The van der Waals surface area contributed by atoms with Crippen LogP contribution < -0.4 is 4.74 Å². The number of methoxy groups -OCH3 is 1. The standard InChI is InChI=1S/C23H23N3O3/c1-5-10-26-22(15-6-8-16(29-4)9-7-15)19-20(24-25-21(19)23(26)28)18-14(3)11-13(2)12-17(18)27/h5-9,11-12,22,27H,1,10H2,2-4H3,(H,24,25)/t22-/m1/s1. The van der Waals surface area contributed by atoms with E-state index < -0.39 is 0 Å². The third-order valence-corrected chi connectivity index (χ3v) is 5.32. The van der Waals surface area contributed by atoms with Crippen molar-refractivity contribution >= 4 is 5.91 Å². The van der Waals surface area contributed by atoms with Gasteiger partial charge in [0.25, 0.3) is 5.91 Å². The van der Waals surface area contributed by atoms with Crippen LogP contribution in [-0.2, 0) is 0 Å². The molecule has 29 heavy (non-hydrogen) atoms. The third-order valence-electron chi connectivity index (χ3n) is 5.32. The second-order valence-corrected chi connectivity index (χ2v) is 7.26. The molecule has 1 amide bonds. The molecule has 0 fully saturated rings. The summed E-state index contributed by atoms with van der Waals surface area (Å²) in [5, 5.41) is 18.0. The average Bonchev–Trinajstić information content (AvgIpc) is 3.22. The first kappa shape index (κ1) is 18.8. The first-order chi connectivity index (χ1) is 14.0. The Labute approximate surface area is 169 Å². The number of nitrogens with zero attached hydrogens (tertiary/aromatic N) is 2. The van der Waals surface area contributed by atoms with Crippen LogP contribution in [0.4, 0.5) is 0 Å². The molecule has 0 bridgehead atoms. The van der Waals surface area contributed by atoms with Crippen LogP contribution in [0.1, 0.15) is 38.8 Å². The third kappa shape index (κ3) is 2.97. The molecule has 6 heteroatoms. The Kier molecular flexibility index (Phi) is 4.62. The van der Waals surface area contributed by atoms with E-state index in [1.54, 1.807) is 24.2 Å². The highest BCUT2D eigenvalue weighted by Gasteiger charge is 2.42. The number of carbonyl (C=O) groups is 1. The highest BCUT2D eigenvalue weighted by Crippen LogP contribution is 2.45. The number of nitrogens with one attached hydrogen (secondary N) is 1. The first-order valence-corrected chi connectivity index (χ1v) is 9.41. The van der Waals surface area contributed by atoms with E-state index in [1.165, 1.54) is 0 Å². The number of ether oxygens (including phenoxy) is 1. The SMILES string of the molecule is C=CCN1C(=O)c2[nH]nc(-c3c(C)cc(C)cc3O)c2[C@H]1c1ccc(OC)cc1. The fourth-order valence-corrected chi connectivity index (χ4v) is 4.10. The van der Waals surface area contributed by atoms with Crippen molar-refractivity contribution in [3.8, 4) is 22.8 Å². The molecule has 1 aliphatic heterocycles. The van der Waals surface area contributed by atoms with Crippen LogP contribution in [-0.4, -0.2) is 39.8 Å². The van der Waals surface area contributed by atoms with Gasteiger partial charge in [0.05, 0.1) is 13.2 Å². The van der Waals surface area contributed by atoms with Crippen molar-refractivity contribution in [1.29, 1.82) is 0 Å². The maximum absolute atomic E-state index is 13.1. The Morgan fingerprint density at radius 1 is 1.28 bits per heavy atom. The summed E-state index contributed by atoms with van der Waals surface area (Å²) in [6.45, 7) is 8.07. The number of H-pyrrole nitrogens is 1. The van der Waals surface area contributed by atoms with Crippen LogP contribution in [0.2, 0.25) is 0 Å². The monoisotopic (exact) mass is 389 g/mol. The molecule has 0 unspecified atom stereocenters. The number of phenols is 1. The number of aromatic hydroxyl groups is 1. The number of rotatable bonds is 5. The first-order valence-electron chi connectivity index (χ1n) is 9.41. The topological polar surface area (TPSA) is 78.5 Å². The molecule has 2 heterocycles. The normalized spacial score (nSPS) is 15.5. The van der Waals surface area contributed by atoms with Crippen molar-refractivity contribution < 1.29 is 14.6 Å². The number of carbonyl (C=O) groups excluding carboxylic acids is 1. The predicted octanol–water partition coefficient (Wildman–Crippen LogP) is 4.14. The van der Waals surface area contributed by atoms with E-state index in [4.69, 9.17) is 4.74 Å². The maximum atomic E-state index is 13.1. The van der Waals surface area contributed by atoms with E-state index in [9.17, 15) is 9.90 Å². The summed E-state index contributed by atoms with van der Waals surface area (Å²) in [4.78, 5) is 14.8. The molecule has 0 spiro atoms. The lowest BCUT2D eigenvalue weighted by Crippen LogP contribution is -2.29. The van der Waals surface area contributed by atoms with E-state index in [2.05, 4.69) is 16.8 Å². The predicted molar refractivity (Wildman–Crippen MR) is 111 cm³/mol. The van der Waals surface area contributed by atoms with Crippen LogP contribution in [0, 0.1) is 13.8 Å². The Bertz CT molecular complexity index is 1080. The molecule has 1 atom stereocenters. The Balaban J connectivity index is 1.93. The molecule has 4 rings (SSSR count). The quantitative estimate of drug-likeness (QED) is 0.643. The van der Waals surface area contributed by atoms with Crippen LogP contribution in [0.25, 0.3) is 11.3 Å². The number of aromatic amines is 1. The van der Waals surface area contributed by atoms with Crippen LogP contribution in [0.5, 0.6) is 11.5 Å². The van der Waals surface area contributed by atoms with E-state index in [0.717, 1.165) is 28.0 Å². The van der Waals surface area contributed by atoms with Gasteiger partial charge in [0.15, 0.2) is 0 Å². The summed E-state index contributed by atoms with van der Waals surface area (Å²) >= 11 is 0. The molecule has 1 aliphatic rings. The summed E-state index contributed by atoms with van der Waals surface area (Å²) in [7, 11) is 1.62. The van der Waals surface area contributed by atoms with Gasteiger partial charge in [0.2, 0.25) is 0 Å². The summed E-state index contributed by atoms with van der Waals surface area (Å²) in [5.41, 5.74) is 5.25.